The Morgan fingerprint density at radius 1 is 1.39 bits per heavy atom. The molecule has 5 nitrogen and oxygen atoms in total. The number of halogens is 1. The first kappa shape index (κ1) is 11.5. The van der Waals surface area contributed by atoms with E-state index in [1.165, 1.54) is 4.57 Å². The van der Waals surface area contributed by atoms with Crippen molar-refractivity contribution in [2.45, 2.75) is 12.5 Å². The zero-order valence-electron chi connectivity index (χ0n) is 9.48. The molecule has 1 atom stereocenters. The van der Waals surface area contributed by atoms with Gasteiger partial charge < -0.3 is 9.72 Å². The summed E-state index contributed by atoms with van der Waals surface area (Å²) in [6.07, 6.45) is 0.666. The average molecular weight is 267 g/mol. The summed E-state index contributed by atoms with van der Waals surface area (Å²) < 4.78 is 6.43. The molecule has 1 unspecified atom stereocenters. The van der Waals surface area contributed by atoms with E-state index in [1.807, 2.05) is 0 Å². The van der Waals surface area contributed by atoms with Gasteiger partial charge in [-0.15, -0.1) is 0 Å². The SMILES string of the molecule is O=c1[nH]c2cccc(Cl)c2c(=O)n1C1CCOC1. The number of fused-ring (bicyclic) bond motifs is 1. The molecule has 6 heteroatoms. The topological polar surface area (TPSA) is 64.1 Å². The molecule has 0 radical (unpaired) electrons. The first-order valence-corrected chi connectivity index (χ1v) is 6.07. The zero-order valence-corrected chi connectivity index (χ0v) is 10.2. The van der Waals surface area contributed by atoms with Gasteiger partial charge in [-0.05, 0) is 18.6 Å². The lowest BCUT2D eigenvalue weighted by molar-refractivity contribution is 0.185. The Morgan fingerprint density at radius 2 is 2.22 bits per heavy atom. The summed E-state index contributed by atoms with van der Waals surface area (Å²) in [4.78, 5) is 27.0. The number of benzene rings is 1. The highest BCUT2D eigenvalue weighted by Gasteiger charge is 2.22. The minimum atomic E-state index is -0.412. The molecule has 0 amide bonds. The van der Waals surface area contributed by atoms with Crippen molar-refractivity contribution in [2.75, 3.05) is 13.2 Å². The number of H-pyrrole nitrogens is 1. The van der Waals surface area contributed by atoms with Crippen LogP contribution in [0.2, 0.25) is 5.02 Å². The third-order valence-corrected chi connectivity index (χ3v) is 3.49. The highest BCUT2D eigenvalue weighted by Crippen LogP contribution is 2.19. The van der Waals surface area contributed by atoms with Crippen molar-refractivity contribution in [1.29, 1.82) is 0 Å². The van der Waals surface area contributed by atoms with E-state index >= 15 is 0 Å². The van der Waals surface area contributed by atoms with E-state index in [1.54, 1.807) is 18.2 Å². The van der Waals surface area contributed by atoms with Crippen LogP contribution in [0, 0.1) is 0 Å². The molecule has 1 fully saturated rings. The van der Waals surface area contributed by atoms with Crippen LogP contribution in [-0.4, -0.2) is 22.8 Å². The highest BCUT2D eigenvalue weighted by atomic mass is 35.5. The van der Waals surface area contributed by atoms with Gasteiger partial charge in [0.25, 0.3) is 5.56 Å². The molecule has 1 saturated heterocycles. The fraction of sp³-hybridized carbons (Fsp3) is 0.333. The number of rotatable bonds is 1. The minimum absolute atomic E-state index is 0.207. The van der Waals surface area contributed by atoms with Gasteiger partial charge in [0.05, 0.1) is 28.6 Å². The molecule has 1 aromatic carbocycles. The first-order chi connectivity index (χ1) is 8.68. The van der Waals surface area contributed by atoms with E-state index in [0.717, 1.165) is 0 Å². The summed E-state index contributed by atoms with van der Waals surface area (Å²) in [6.45, 7) is 0.954. The fourth-order valence-corrected chi connectivity index (χ4v) is 2.55. The van der Waals surface area contributed by atoms with Crippen LogP contribution in [-0.2, 0) is 4.74 Å². The van der Waals surface area contributed by atoms with Crippen LogP contribution in [0.3, 0.4) is 0 Å². The first-order valence-electron chi connectivity index (χ1n) is 5.69. The maximum absolute atomic E-state index is 12.4. The van der Waals surface area contributed by atoms with Crippen molar-refractivity contribution in [3.05, 3.63) is 44.1 Å². The maximum Gasteiger partial charge on any atom is 0.329 e. The smallest absolute Gasteiger partial charge is 0.329 e. The molecule has 0 spiro atoms. The van der Waals surface area contributed by atoms with Crippen molar-refractivity contribution in [3.8, 4) is 0 Å². The molecule has 0 saturated carbocycles. The summed E-state index contributed by atoms with van der Waals surface area (Å²) in [5, 5.41) is 0.701. The third kappa shape index (κ3) is 1.67. The molecular formula is C12H11ClN2O3. The molecular weight excluding hydrogens is 256 g/mol. The van der Waals surface area contributed by atoms with Crippen molar-refractivity contribution in [2.24, 2.45) is 0 Å². The van der Waals surface area contributed by atoms with Crippen LogP contribution < -0.4 is 11.2 Å². The van der Waals surface area contributed by atoms with Gasteiger partial charge in [-0.1, -0.05) is 17.7 Å². The van der Waals surface area contributed by atoms with Crippen LogP contribution in [0.15, 0.2) is 27.8 Å². The molecule has 1 aromatic heterocycles. The van der Waals surface area contributed by atoms with Crippen molar-refractivity contribution >= 4 is 22.5 Å². The lowest BCUT2D eigenvalue weighted by Gasteiger charge is -2.11. The highest BCUT2D eigenvalue weighted by molar-refractivity contribution is 6.35. The van der Waals surface area contributed by atoms with Gasteiger partial charge in [0.15, 0.2) is 0 Å². The Hall–Kier alpha value is -1.59. The number of nitrogens with one attached hydrogen (secondary N) is 1. The quantitative estimate of drug-likeness (QED) is 0.846. The van der Waals surface area contributed by atoms with Crippen LogP contribution >= 0.6 is 11.6 Å². The van der Waals surface area contributed by atoms with E-state index in [-0.39, 0.29) is 11.6 Å². The summed E-state index contributed by atoms with van der Waals surface area (Å²) in [6, 6.07) is 4.80. The van der Waals surface area contributed by atoms with Gasteiger partial charge in [0.2, 0.25) is 0 Å². The second kappa shape index (κ2) is 4.26. The Morgan fingerprint density at radius 3 is 2.94 bits per heavy atom. The average Bonchev–Trinajstić information content (AvgIpc) is 2.82. The van der Waals surface area contributed by atoms with Gasteiger partial charge in [0, 0.05) is 6.61 Å². The van der Waals surface area contributed by atoms with Gasteiger partial charge in [-0.3, -0.25) is 9.36 Å². The molecule has 94 valence electrons. The lowest BCUT2D eigenvalue weighted by Crippen LogP contribution is -2.38. The standard InChI is InChI=1S/C12H11ClN2O3/c13-8-2-1-3-9-10(8)11(16)15(12(17)14-9)7-4-5-18-6-7/h1-3,7H,4-6H2,(H,14,17). The Labute approximate surface area is 107 Å². The number of nitrogens with zero attached hydrogens (tertiary/aromatic N) is 1. The van der Waals surface area contributed by atoms with E-state index in [9.17, 15) is 9.59 Å². The fourth-order valence-electron chi connectivity index (χ4n) is 2.29. The Balaban J connectivity index is 2.36. The van der Waals surface area contributed by atoms with E-state index in [0.29, 0.717) is 35.6 Å². The summed E-state index contributed by atoms with van der Waals surface area (Å²) in [5.41, 5.74) is -0.298. The van der Waals surface area contributed by atoms with Crippen molar-refractivity contribution in [1.82, 2.24) is 9.55 Å². The largest absolute Gasteiger partial charge is 0.379 e. The van der Waals surface area contributed by atoms with E-state index in [4.69, 9.17) is 16.3 Å². The number of aromatic amines is 1. The van der Waals surface area contributed by atoms with Crippen LogP contribution in [0.25, 0.3) is 10.9 Å². The molecule has 2 aromatic rings. The molecule has 18 heavy (non-hydrogen) atoms. The van der Waals surface area contributed by atoms with Gasteiger partial charge >= 0.3 is 5.69 Å². The van der Waals surface area contributed by atoms with Gasteiger partial charge in [-0.2, -0.15) is 0 Å². The predicted molar refractivity (Wildman–Crippen MR) is 68.3 cm³/mol. The molecule has 1 aliphatic rings. The molecule has 3 rings (SSSR count). The molecule has 2 heterocycles. The third-order valence-electron chi connectivity index (χ3n) is 3.18. The second-order valence-corrected chi connectivity index (χ2v) is 4.69. The van der Waals surface area contributed by atoms with E-state index in [2.05, 4.69) is 4.98 Å². The minimum Gasteiger partial charge on any atom is -0.379 e. The van der Waals surface area contributed by atoms with Crippen molar-refractivity contribution < 1.29 is 4.74 Å². The Bertz CT molecular complexity index is 713. The number of ether oxygens (including phenoxy) is 1. The molecule has 1 aliphatic heterocycles. The lowest BCUT2D eigenvalue weighted by atomic mass is 10.2. The summed E-state index contributed by atoms with van der Waals surface area (Å²) >= 11 is 6.03. The van der Waals surface area contributed by atoms with Crippen LogP contribution in [0.5, 0.6) is 0 Å². The normalized spacial score (nSPS) is 19.5. The number of hydrogen-bond donors (Lipinski definition) is 1. The molecule has 1 N–H and O–H groups in total. The summed E-state index contributed by atoms with van der Waals surface area (Å²) in [7, 11) is 0. The number of hydrogen-bond acceptors (Lipinski definition) is 3. The van der Waals surface area contributed by atoms with E-state index < -0.39 is 5.69 Å². The monoisotopic (exact) mass is 266 g/mol. The summed E-state index contributed by atoms with van der Waals surface area (Å²) in [5.74, 6) is 0. The Kier molecular flexibility index (Phi) is 2.72. The molecule has 0 bridgehead atoms. The zero-order chi connectivity index (χ0) is 12.7. The second-order valence-electron chi connectivity index (χ2n) is 4.29. The van der Waals surface area contributed by atoms with Crippen LogP contribution in [0.1, 0.15) is 12.5 Å². The van der Waals surface area contributed by atoms with Crippen LogP contribution in [0.4, 0.5) is 0 Å². The number of aromatic nitrogens is 2. The van der Waals surface area contributed by atoms with Gasteiger partial charge in [-0.25, -0.2) is 4.79 Å². The maximum atomic E-state index is 12.4. The van der Waals surface area contributed by atoms with Gasteiger partial charge in [0.1, 0.15) is 0 Å². The predicted octanol–water partition coefficient (Wildman–Crippen LogP) is 1.30. The van der Waals surface area contributed by atoms with Crippen molar-refractivity contribution in [3.63, 3.8) is 0 Å². The molecule has 0 aliphatic carbocycles.